The van der Waals surface area contributed by atoms with Crippen LogP contribution in [0.3, 0.4) is 0 Å². The number of carbonyl (C=O) groups is 3. The van der Waals surface area contributed by atoms with Gasteiger partial charge in [0.25, 0.3) is 0 Å². The molecule has 0 aromatic heterocycles. The molecule has 0 aromatic rings. The number of ether oxygens (including phenoxy) is 3. The number of carbonyl (C=O) groups excluding carboxylic acids is 3. The summed E-state index contributed by atoms with van der Waals surface area (Å²) in [5.74, 6) is -0.946. The highest BCUT2D eigenvalue weighted by Crippen LogP contribution is 2.13. The molecule has 63 heavy (non-hydrogen) atoms. The quantitative estimate of drug-likeness (QED) is 0.0263. The Morgan fingerprint density at radius 1 is 0.333 bits per heavy atom. The summed E-state index contributed by atoms with van der Waals surface area (Å²) in [7, 11) is 0. The van der Waals surface area contributed by atoms with Crippen LogP contribution in [0, 0.1) is 0 Å². The van der Waals surface area contributed by atoms with Crippen LogP contribution >= 0.6 is 0 Å². The molecule has 6 nitrogen and oxygen atoms in total. The second-order valence-corrected chi connectivity index (χ2v) is 16.4. The standard InChI is InChI=1S/C57H92O6/c1-4-7-10-13-16-18-19-20-21-22-23-24-25-26-27-28-29-30-31-32-33-34-35-36-37-38-39-40-42-44-47-50-56(59)62-53-54(52-61-55(58)49-46-43-15-12-9-6-3)63-57(60)51-48-45-41-17-14-11-8-5-2/h7,10,16,18,20-21,23-24,26-27,29-30,32-33,35-36,38-39,54H,4-6,8-9,11-15,17,19,22,25,28,31,34,37,40-53H2,1-3H3/b10-7-,18-16-,21-20-,24-23-,27-26-,30-29-,33-32-,36-35-,39-38-. The minimum atomic E-state index is -0.785. The van der Waals surface area contributed by atoms with Gasteiger partial charge in [0.05, 0.1) is 0 Å². The third-order valence-electron chi connectivity index (χ3n) is 10.3. The first-order valence-corrected chi connectivity index (χ1v) is 25.4. The molecule has 0 aromatic carbocycles. The van der Waals surface area contributed by atoms with Gasteiger partial charge in [-0.05, 0) is 89.9 Å². The van der Waals surface area contributed by atoms with Crippen molar-refractivity contribution in [1.29, 1.82) is 0 Å². The van der Waals surface area contributed by atoms with Gasteiger partial charge in [0, 0.05) is 19.3 Å². The topological polar surface area (TPSA) is 78.9 Å². The van der Waals surface area contributed by atoms with E-state index in [1.807, 2.05) is 0 Å². The van der Waals surface area contributed by atoms with Gasteiger partial charge in [-0.1, -0.05) is 214 Å². The number of unbranched alkanes of at least 4 members (excludes halogenated alkanes) is 15. The highest BCUT2D eigenvalue weighted by atomic mass is 16.6. The molecule has 356 valence electrons. The van der Waals surface area contributed by atoms with E-state index in [0.717, 1.165) is 122 Å². The maximum absolute atomic E-state index is 12.6. The third-order valence-corrected chi connectivity index (χ3v) is 10.3. The van der Waals surface area contributed by atoms with E-state index in [0.29, 0.717) is 19.3 Å². The molecule has 0 heterocycles. The Morgan fingerprint density at radius 3 is 0.968 bits per heavy atom. The fraction of sp³-hybridized carbons (Fsp3) is 0.632. The van der Waals surface area contributed by atoms with Crippen LogP contribution in [-0.4, -0.2) is 37.2 Å². The summed E-state index contributed by atoms with van der Waals surface area (Å²) < 4.78 is 16.6. The summed E-state index contributed by atoms with van der Waals surface area (Å²) >= 11 is 0. The lowest BCUT2D eigenvalue weighted by atomic mass is 10.1. The van der Waals surface area contributed by atoms with Gasteiger partial charge in [0.15, 0.2) is 6.10 Å². The number of hydrogen-bond acceptors (Lipinski definition) is 6. The molecule has 6 heteroatoms. The normalized spacial score (nSPS) is 13.0. The van der Waals surface area contributed by atoms with E-state index in [1.54, 1.807) is 0 Å². The number of esters is 3. The molecule has 0 aliphatic carbocycles. The van der Waals surface area contributed by atoms with E-state index in [9.17, 15) is 14.4 Å². The lowest BCUT2D eigenvalue weighted by Crippen LogP contribution is -2.30. The van der Waals surface area contributed by atoms with E-state index in [2.05, 4.69) is 130 Å². The van der Waals surface area contributed by atoms with E-state index >= 15 is 0 Å². The summed E-state index contributed by atoms with van der Waals surface area (Å²) in [6, 6.07) is 0. The molecule has 0 aliphatic heterocycles. The molecule has 0 aliphatic rings. The molecule has 0 radical (unpaired) electrons. The van der Waals surface area contributed by atoms with Crippen molar-refractivity contribution in [2.45, 2.75) is 219 Å². The van der Waals surface area contributed by atoms with Crippen LogP contribution in [0.15, 0.2) is 109 Å². The first kappa shape index (κ1) is 59.1. The van der Waals surface area contributed by atoms with Crippen LogP contribution < -0.4 is 0 Å². The number of rotatable bonds is 44. The molecule has 0 saturated heterocycles. The summed E-state index contributed by atoms with van der Waals surface area (Å²) in [5.41, 5.74) is 0. The first-order chi connectivity index (χ1) is 31.0. The van der Waals surface area contributed by atoms with Crippen LogP contribution in [0.25, 0.3) is 0 Å². The van der Waals surface area contributed by atoms with Crippen molar-refractivity contribution in [1.82, 2.24) is 0 Å². The SMILES string of the molecule is CC/C=C\C/C=C\C/C=C\C/C=C\C/C=C\C/C=C\C/C=C\C/C=C\C/C=C\CCCCCC(=O)OCC(COC(=O)CCCCCCCC)OC(=O)CCCCCCCCCC. The fourth-order valence-corrected chi connectivity index (χ4v) is 6.49. The van der Waals surface area contributed by atoms with Crippen LogP contribution in [-0.2, 0) is 28.6 Å². The molecule has 0 fully saturated rings. The van der Waals surface area contributed by atoms with Gasteiger partial charge in [-0.25, -0.2) is 0 Å². The van der Waals surface area contributed by atoms with Crippen LogP contribution in [0.4, 0.5) is 0 Å². The maximum atomic E-state index is 12.6. The smallest absolute Gasteiger partial charge is 0.306 e. The van der Waals surface area contributed by atoms with Gasteiger partial charge in [-0.2, -0.15) is 0 Å². The highest BCUT2D eigenvalue weighted by molar-refractivity contribution is 5.71. The Morgan fingerprint density at radius 2 is 0.619 bits per heavy atom. The fourth-order valence-electron chi connectivity index (χ4n) is 6.49. The highest BCUT2D eigenvalue weighted by Gasteiger charge is 2.19. The Labute approximate surface area is 387 Å². The van der Waals surface area contributed by atoms with Crippen LogP contribution in [0.1, 0.15) is 213 Å². The largest absolute Gasteiger partial charge is 0.462 e. The van der Waals surface area contributed by atoms with Gasteiger partial charge in [0.1, 0.15) is 13.2 Å². The number of hydrogen-bond donors (Lipinski definition) is 0. The first-order valence-electron chi connectivity index (χ1n) is 25.4. The van der Waals surface area contributed by atoms with Crippen LogP contribution in [0.2, 0.25) is 0 Å². The maximum Gasteiger partial charge on any atom is 0.306 e. The Hall–Kier alpha value is -3.93. The van der Waals surface area contributed by atoms with Gasteiger partial charge in [-0.3, -0.25) is 14.4 Å². The predicted octanol–water partition coefficient (Wildman–Crippen LogP) is 16.8. The van der Waals surface area contributed by atoms with Crippen LogP contribution in [0.5, 0.6) is 0 Å². The minimum Gasteiger partial charge on any atom is -0.462 e. The molecule has 0 spiro atoms. The lowest BCUT2D eigenvalue weighted by molar-refractivity contribution is -0.167. The molecular formula is C57H92O6. The van der Waals surface area contributed by atoms with Crippen molar-refractivity contribution in [3.05, 3.63) is 109 Å². The molecule has 1 unspecified atom stereocenters. The Kier molecular flexibility index (Phi) is 47.5. The average molecular weight is 873 g/mol. The van der Waals surface area contributed by atoms with E-state index < -0.39 is 6.10 Å². The van der Waals surface area contributed by atoms with Crippen molar-refractivity contribution < 1.29 is 28.6 Å². The van der Waals surface area contributed by atoms with E-state index in [4.69, 9.17) is 14.2 Å². The Bertz CT molecular complexity index is 1330. The van der Waals surface area contributed by atoms with Crippen molar-refractivity contribution in [2.75, 3.05) is 13.2 Å². The van der Waals surface area contributed by atoms with Gasteiger partial charge >= 0.3 is 17.9 Å². The molecular weight excluding hydrogens is 781 g/mol. The molecule has 0 amide bonds. The zero-order valence-electron chi connectivity index (χ0n) is 40.5. The van der Waals surface area contributed by atoms with Crippen molar-refractivity contribution in [2.24, 2.45) is 0 Å². The van der Waals surface area contributed by atoms with Gasteiger partial charge < -0.3 is 14.2 Å². The molecule has 0 N–H and O–H groups in total. The molecule has 0 saturated carbocycles. The minimum absolute atomic E-state index is 0.0889. The zero-order valence-corrected chi connectivity index (χ0v) is 40.5. The van der Waals surface area contributed by atoms with E-state index in [-0.39, 0.29) is 31.1 Å². The predicted molar refractivity (Wildman–Crippen MR) is 270 cm³/mol. The molecule has 0 bridgehead atoms. The molecule has 1 atom stereocenters. The van der Waals surface area contributed by atoms with E-state index in [1.165, 1.54) is 51.4 Å². The van der Waals surface area contributed by atoms with Crippen molar-refractivity contribution in [3.63, 3.8) is 0 Å². The summed E-state index contributed by atoms with van der Waals surface area (Å²) in [6.45, 7) is 6.38. The molecule has 0 rings (SSSR count). The summed E-state index contributed by atoms with van der Waals surface area (Å²) in [6.07, 6.45) is 68.3. The van der Waals surface area contributed by atoms with Crippen molar-refractivity contribution >= 4 is 17.9 Å². The number of allylic oxidation sites excluding steroid dienone is 18. The van der Waals surface area contributed by atoms with Gasteiger partial charge in [0.2, 0.25) is 0 Å². The van der Waals surface area contributed by atoms with Crippen molar-refractivity contribution in [3.8, 4) is 0 Å². The Balaban J connectivity index is 4.14. The third kappa shape index (κ3) is 49.0. The van der Waals surface area contributed by atoms with Gasteiger partial charge in [-0.15, -0.1) is 0 Å². The average Bonchev–Trinajstić information content (AvgIpc) is 3.28. The summed E-state index contributed by atoms with van der Waals surface area (Å²) in [4.78, 5) is 37.5. The lowest BCUT2D eigenvalue weighted by Gasteiger charge is -2.18. The summed E-state index contributed by atoms with van der Waals surface area (Å²) in [5, 5.41) is 0. The monoisotopic (exact) mass is 873 g/mol. The zero-order chi connectivity index (χ0) is 45.8. The second-order valence-electron chi connectivity index (χ2n) is 16.4. The second kappa shape index (κ2) is 50.7.